The molecule has 4 rings (SSSR count). The highest BCUT2D eigenvalue weighted by Crippen LogP contribution is 2.37. The van der Waals surface area contributed by atoms with E-state index in [1.807, 2.05) is 30.3 Å². The van der Waals surface area contributed by atoms with Gasteiger partial charge in [0.15, 0.2) is 0 Å². The lowest BCUT2D eigenvalue weighted by Gasteiger charge is -2.32. The largest absolute Gasteiger partial charge is 0.456 e. The number of rotatable bonds is 7. The number of amides is 3. The fraction of sp³-hybridized carbons (Fsp3) is 0.261. The molecule has 3 amide bonds. The average molecular weight is 440 g/mol. The van der Waals surface area contributed by atoms with Crippen LogP contribution in [0.5, 0.6) is 0 Å². The molecule has 1 atom stereocenters. The van der Waals surface area contributed by atoms with Crippen LogP contribution in [0.4, 0.5) is 4.79 Å². The molecular weight excluding hydrogens is 418 g/mol. The van der Waals surface area contributed by atoms with Crippen LogP contribution in [-0.4, -0.2) is 42.5 Å². The summed E-state index contributed by atoms with van der Waals surface area (Å²) >= 11 is 6.28. The van der Waals surface area contributed by atoms with Crippen LogP contribution in [0.1, 0.15) is 23.6 Å². The third kappa shape index (κ3) is 4.56. The maximum Gasteiger partial charge on any atom is 0.338 e. The molecular formula is C23H22ClN3O4. The second-order valence-corrected chi connectivity index (χ2v) is 7.77. The summed E-state index contributed by atoms with van der Waals surface area (Å²) < 4.78 is 5.18. The van der Waals surface area contributed by atoms with Gasteiger partial charge in [-0.2, -0.15) is 0 Å². The highest BCUT2D eigenvalue weighted by Gasteiger charge is 2.43. The summed E-state index contributed by atoms with van der Waals surface area (Å²) in [5.74, 6) is -0.821. The lowest BCUT2D eigenvalue weighted by atomic mass is 9.95. The Labute approximate surface area is 185 Å². The molecule has 0 bridgehead atoms. The van der Waals surface area contributed by atoms with E-state index in [1.165, 1.54) is 10.5 Å². The number of aryl methyl sites for hydroxylation is 1. The van der Waals surface area contributed by atoms with Crippen molar-refractivity contribution >= 4 is 29.5 Å². The van der Waals surface area contributed by atoms with Crippen LogP contribution in [0.15, 0.2) is 65.9 Å². The fourth-order valence-electron chi connectivity index (χ4n) is 3.79. The Morgan fingerprint density at radius 3 is 2.65 bits per heavy atom. The fourth-order valence-corrected chi connectivity index (χ4v) is 4.03. The maximum absolute atomic E-state index is 12.8. The van der Waals surface area contributed by atoms with Gasteiger partial charge in [0.25, 0.3) is 0 Å². The quantitative estimate of drug-likeness (QED) is 0.513. The minimum Gasteiger partial charge on any atom is -0.456 e. The minimum absolute atomic E-state index is 0.0518. The predicted molar refractivity (Wildman–Crippen MR) is 115 cm³/mol. The second kappa shape index (κ2) is 9.22. The molecule has 31 heavy (non-hydrogen) atoms. The van der Waals surface area contributed by atoms with Gasteiger partial charge in [0.2, 0.25) is 5.91 Å². The number of esters is 1. The molecule has 2 aliphatic rings. The number of carbonyl (C=O) groups excluding carboxylic acids is 3. The number of nitrogens with zero attached hydrogens (tertiary/aromatic N) is 1. The van der Waals surface area contributed by atoms with Crippen molar-refractivity contribution in [2.24, 2.45) is 0 Å². The SMILES string of the molecule is O=C(CN1C(=O)NC(c2ccccc2Cl)C2=C1COC2=O)NCCCc1ccccc1. The van der Waals surface area contributed by atoms with E-state index in [9.17, 15) is 14.4 Å². The zero-order valence-corrected chi connectivity index (χ0v) is 17.5. The van der Waals surface area contributed by atoms with Crippen LogP contribution in [0, 0.1) is 0 Å². The first-order chi connectivity index (χ1) is 15.0. The molecule has 0 radical (unpaired) electrons. The standard InChI is InChI=1S/C23H22ClN3O4/c24-17-11-5-4-10-16(17)21-20-18(14-31-22(20)29)27(23(30)26-21)13-19(28)25-12-6-9-15-7-2-1-3-8-15/h1-5,7-8,10-11,21H,6,9,12-14H2,(H,25,28)(H,26,30). The smallest absolute Gasteiger partial charge is 0.338 e. The average Bonchev–Trinajstić information content (AvgIpc) is 3.16. The van der Waals surface area contributed by atoms with Crippen LogP contribution in [-0.2, 0) is 20.7 Å². The topological polar surface area (TPSA) is 87.7 Å². The van der Waals surface area contributed by atoms with E-state index < -0.39 is 18.0 Å². The van der Waals surface area contributed by atoms with Crippen molar-refractivity contribution in [1.82, 2.24) is 15.5 Å². The maximum atomic E-state index is 12.8. The number of nitrogens with one attached hydrogen (secondary N) is 2. The molecule has 2 aromatic carbocycles. The molecule has 0 saturated heterocycles. The highest BCUT2D eigenvalue weighted by molar-refractivity contribution is 6.31. The lowest BCUT2D eigenvalue weighted by Crippen LogP contribution is -2.50. The van der Waals surface area contributed by atoms with Gasteiger partial charge in [0.05, 0.1) is 17.3 Å². The molecule has 0 aliphatic carbocycles. The van der Waals surface area contributed by atoms with E-state index in [1.54, 1.807) is 24.3 Å². The van der Waals surface area contributed by atoms with Crippen molar-refractivity contribution in [3.05, 3.63) is 82.0 Å². The zero-order valence-electron chi connectivity index (χ0n) is 16.8. The molecule has 0 spiro atoms. The summed E-state index contributed by atoms with van der Waals surface area (Å²) in [6.07, 6.45) is 1.63. The molecule has 0 fully saturated rings. The number of hydrogen-bond donors (Lipinski definition) is 2. The number of benzene rings is 2. The number of halogens is 1. The normalized spacial score (nSPS) is 17.8. The summed E-state index contributed by atoms with van der Waals surface area (Å²) in [4.78, 5) is 38.9. The van der Waals surface area contributed by atoms with Gasteiger partial charge >= 0.3 is 12.0 Å². The van der Waals surface area contributed by atoms with Crippen molar-refractivity contribution < 1.29 is 19.1 Å². The van der Waals surface area contributed by atoms with E-state index in [-0.39, 0.29) is 19.1 Å². The third-order valence-corrected chi connectivity index (χ3v) is 5.67. The van der Waals surface area contributed by atoms with Gasteiger partial charge < -0.3 is 15.4 Å². The second-order valence-electron chi connectivity index (χ2n) is 7.37. The summed E-state index contributed by atoms with van der Waals surface area (Å²) in [5.41, 5.74) is 2.52. The number of ether oxygens (including phenoxy) is 1. The monoisotopic (exact) mass is 439 g/mol. The van der Waals surface area contributed by atoms with Gasteiger partial charge in [-0.1, -0.05) is 60.1 Å². The van der Waals surface area contributed by atoms with Gasteiger partial charge in [-0.3, -0.25) is 9.69 Å². The summed E-state index contributed by atoms with van der Waals surface area (Å²) in [5, 5.41) is 6.05. The number of carbonyl (C=O) groups is 3. The Morgan fingerprint density at radius 1 is 1.13 bits per heavy atom. The Hall–Kier alpha value is -3.32. The Kier molecular flexibility index (Phi) is 6.23. The van der Waals surface area contributed by atoms with Crippen LogP contribution >= 0.6 is 11.6 Å². The molecule has 0 aromatic heterocycles. The van der Waals surface area contributed by atoms with E-state index in [2.05, 4.69) is 10.6 Å². The van der Waals surface area contributed by atoms with Crippen LogP contribution in [0.3, 0.4) is 0 Å². The Balaban J connectivity index is 1.42. The van der Waals surface area contributed by atoms with Crippen molar-refractivity contribution in [3.8, 4) is 0 Å². The van der Waals surface area contributed by atoms with Gasteiger partial charge in [-0.15, -0.1) is 0 Å². The summed E-state index contributed by atoms with van der Waals surface area (Å²) in [7, 11) is 0. The summed E-state index contributed by atoms with van der Waals surface area (Å²) in [6, 6.07) is 15.8. The van der Waals surface area contributed by atoms with E-state index in [0.29, 0.717) is 28.4 Å². The molecule has 2 aliphatic heterocycles. The Bertz CT molecular complexity index is 1040. The Morgan fingerprint density at radius 2 is 1.87 bits per heavy atom. The van der Waals surface area contributed by atoms with Gasteiger partial charge in [-0.05, 0) is 30.0 Å². The molecule has 7 nitrogen and oxygen atoms in total. The molecule has 2 heterocycles. The van der Waals surface area contributed by atoms with Gasteiger partial charge in [-0.25, -0.2) is 9.59 Å². The first kappa shape index (κ1) is 20.9. The number of urea groups is 1. The number of cyclic esters (lactones) is 1. The van der Waals surface area contributed by atoms with Gasteiger partial charge in [0, 0.05) is 11.6 Å². The predicted octanol–water partition coefficient (Wildman–Crippen LogP) is 2.97. The molecule has 1 unspecified atom stereocenters. The van der Waals surface area contributed by atoms with E-state index >= 15 is 0 Å². The van der Waals surface area contributed by atoms with Crippen molar-refractivity contribution in [3.63, 3.8) is 0 Å². The first-order valence-corrected chi connectivity index (χ1v) is 10.5. The van der Waals surface area contributed by atoms with Crippen molar-refractivity contribution in [2.75, 3.05) is 19.7 Å². The van der Waals surface area contributed by atoms with Crippen LogP contribution in [0.2, 0.25) is 5.02 Å². The van der Waals surface area contributed by atoms with E-state index in [4.69, 9.17) is 16.3 Å². The zero-order chi connectivity index (χ0) is 21.8. The highest BCUT2D eigenvalue weighted by atomic mass is 35.5. The first-order valence-electron chi connectivity index (χ1n) is 10.1. The molecule has 8 heteroatoms. The van der Waals surface area contributed by atoms with Crippen molar-refractivity contribution in [1.29, 1.82) is 0 Å². The molecule has 2 N–H and O–H groups in total. The molecule has 160 valence electrons. The van der Waals surface area contributed by atoms with E-state index in [0.717, 1.165) is 12.8 Å². The van der Waals surface area contributed by atoms with Crippen LogP contribution < -0.4 is 10.6 Å². The third-order valence-electron chi connectivity index (χ3n) is 5.32. The van der Waals surface area contributed by atoms with Crippen molar-refractivity contribution in [2.45, 2.75) is 18.9 Å². The summed E-state index contributed by atoms with van der Waals surface area (Å²) in [6.45, 7) is 0.248. The minimum atomic E-state index is -0.712. The molecule has 2 aromatic rings. The van der Waals surface area contributed by atoms with Crippen LogP contribution in [0.25, 0.3) is 0 Å². The molecule has 0 saturated carbocycles. The lowest BCUT2D eigenvalue weighted by molar-refractivity contribution is -0.136. The number of hydrogen-bond acceptors (Lipinski definition) is 4. The van der Waals surface area contributed by atoms with Gasteiger partial charge in [0.1, 0.15) is 13.2 Å².